The topological polar surface area (TPSA) is 4.44 Å². The Hall–Kier alpha value is -0.340. The fourth-order valence-electron chi connectivity index (χ4n) is 1.98. The van der Waals surface area contributed by atoms with Crippen molar-refractivity contribution in [3.8, 4) is 0 Å². The summed E-state index contributed by atoms with van der Waals surface area (Å²) in [5.41, 5.74) is 1.49. The van der Waals surface area contributed by atoms with Gasteiger partial charge in [-0.1, -0.05) is 43.2 Å². The first-order valence-corrected chi connectivity index (χ1v) is 6.62. The summed E-state index contributed by atoms with van der Waals surface area (Å²) in [4.78, 5) is 1.57. The average Bonchev–Trinajstić information content (AvgIpc) is 2.29. The van der Waals surface area contributed by atoms with E-state index in [4.69, 9.17) is 0 Å². The largest absolute Gasteiger partial charge is 1.00 e. The van der Waals surface area contributed by atoms with Gasteiger partial charge in [0.05, 0.1) is 20.6 Å². The third kappa shape index (κ3) is 9.37. The minimum atomic E-state index is 0. The van der Waals surface area contributed by atoms with E-state index in [0.717, 1.165) is 0 Å². The summed E-state index contributed by atoms with van der Waals surface area (Å²) in [6.07, 6.45) is 8.17. The maximum atomic E-state index is 2.23. The highest BCUT2D eigenvalue weighted by Gasteiger charge is 1.95. The van der Waals surface area contributed by atoms with E-state index in [1.165, 1.54) is 50.6 Å². The van der Waals surface area contributed by atoms with Crippen molar-refractivity contribution in [2.45, 2.75) is 38.5 Å². The molecule has 17 heavy (non-hydrogen) atoms. The van der Waals surface area contributed by atoms with Gasteiger partial charge in [0.1, 0.15) is 0 Å². The van der Waals surface area contributed by atoms with Crippen molar-refractivity contribution < 1.29 is 21.9 Å². The number of halogens is 1. The predicted octanol–water partition coefficient (Wildman–Crippen LogP) is -0.672. The highest BCUT2D eigenvalue weighted by Crippen LogP contribution is 2.08. The molecule has 0 atom stereocenters. The van der Waals surface area contributed by atoms with Crippen LogP contribution in [0.3, 0.4) is 0 Å². The number of unbranched alkanes of at least 4 members (excludes halogenated alkanes) is 4. The summed E-state index contributed by atoms with van der Waals surface area (Å²) in [7, 11) is 4.46. The van der Waals surface area contributed by atoms with E-state index in [1.54, 1.807) is 4.90 Å². The predicted molar refractivity (Wildman–Crippen MR) is 70.9 cm³/mol. The second-order valence-electron chi connectivity index (χ2n) is 4.96. The standard InChI is InChI=1S/C15H25N.BrH/c1-16(2)14-10-5-3-4-7-11-15-12-8-6-9-13-15;/h6,8-9,12-13H,3-5,7,10-11,14H2,1-2H3;1H. The smallest absolute Gasteiger partial charge is 0.0766 e. The van der Waals surface area contributed by atoms with E-state index < -0.39 is 0 Å². The zero-order valence-corrected chi connectivity index (χ0v) is 12.8. The van der Waals surface area contributed by atoms with Crippen molar-refractivity contribution in [1.29, 1.82) is 0 Å². The fourth-order valence-corrected chi connectivity index (χ4v) is 1.98. The molecule has 1 N–H and O–H groups in total. The Balaban J connectivity index is 0.00000256. The first-order valence-electron chi connectivity index (χ1n) is 6.62. The molecule has 2 heteroatoms. The number of aryl methyl sites for hydroxylation is 1. The molecule has 1 aromatic carbocycles. The van der Waals surface area contributed by atoms with E-state index in [-0.39, 0.29) is 17.0 Å². The third-order valence-corrected chi connectivity index (χ3v) is 2.99. The minimum Gasteiger partial charge on any atom is -1.00 e. The maximum absolute atomic E-state index is 2.23. The third-order valence-electron chi connectivity index (χ3n) is 2.99. The molecule has 0 radical (unpaired) electrons. The number of quaternary nitrogens is 1. The molecule has 0 aliphatic carbocycles. The second kappa shape index (κ2) is 10.8. The van der Waals surface area contributed by atoms with Gasteiger partial charge in [0, 0.05) is 0 Å². The Bertz CT molecular complexity index is 259. The fraction of sp³-hybridized carbons (Fsp3) is 0.600. The van der Waals surface area contributed by atoms with Gasteiger partial charge >= 0.3 is 0 Å². The molecule has 0 bridgehead atoms. The van der Waals surface area contributed by atoms with Crippen LogP contribution in [-0.4, -0.2) is 20.6 Å². The van der Waals surface area contributed by atoms with Crippen LogP contribution < -0.4 is 21.9 Å². The molecule has 0 fully saturated rings. The maximum Gasteiger partial charge on any atom is 0.0766 e. The van der Waals surface area contributed by atoms with Crippen LogP contribution in [0.25, 0.3) is 0 Å². The van der Waals surface area contributed by atoms with Gasteiger partial charge in [0.2, 0.25) is 0 Å². The van der Waals surface area contributed by atoms with Crippen molar-refractivity contribution in [2.24, 2.45) is 0 Å². The molecule has 1 nitrogen and oxygen atoms in total. The van der Waals surface area contributed by atoms with E-state index in [0.29, 0.717) is 0 Å². The van der Waals surface area contributed by atoms with Gasteiger partial charge in [-0.15, -0.1) is 0 Å². The molecule has 1 rings (SSSR count). The Morgan fingerprint density at radius 3 is 2.06 bits per heavy atom. The van der Waals surface area contributed by atoms with E-state index in [1.807, 2.05) is 0 Å². The van der Waals surface area contributed by atoms with Crippen molar-refractivity contribution in [3.63, 3.8) is 0 Å². The van der Waals surface area contributed by atoms with Gasteiger partial charge in [-0.05, 0) is 31.2 Å². The van der Waals surface area contributed by atoms with Crippen molar-refractivity contribution in [2.75, 3.05) is 20.6 Å². The molecule has 0 saturated heterocycles. The van der Waals surface area contributed by atoms with Crippen molar-refractivity contribution >= 4 is 0 Å². The molecule has 0 aliphatic rings. The molecule has 0 amide bonds. The number of nitrogens with one attached hydrogen (secondary N) is 1. The number of rotatable bonds is 8. The Morgan fingerprint density at radius 2 is 1.41 bits per heavy atom. The normalized spacial score (nSPS) is 10.3. The summed E-state index contributed by atoms with van der Waals surface area (Å²) in [5.74, 6) is 0. The van der Waals surface area contributed by atoms with Gasteiger partial charge < -0.3 is 21.9 Å². The minimum absolute atomic E-state index is 0. The summed E-state index contributed by atoms with van der Waals surface area (Å²) >= 11 is 0. The van der Waals surface area contributed by atoms with Gasteiger partial charge in [0.15, 0.2) is 0 Å². The van der Waals surface area contributed by atoms with E-state index in [2.05, 4.69) is 44.4 Å². The van der Waals surface area contributed by atoms with Crippen molar-refractivity contribution in [1.82, 2.24) is 0 Å². The van der Waals surface area contributed by atoms with Crippen LogP contribution in [-0.2, 0) is 6.42 Å². The van der Waals surface area contributed by atoms with Crippen LogP contribution in [0.4, 0.5) is 0 Å². The lowest BCUT2D eigenvalue weighted by Crippen LogP contribution is -3.05. The molecular weight excluding hydrogens is 274 g/mol. The molecule has 0 aromatic heterocycles. The first-order chi connectivity index (χ1) is 7.79. The molecular formula is C15H26BrN. The van der Waals surface area contributed by atoms with Gasteiger partial charge in [0.25, 0.3) is 0 Å². The Labute approximate surface area is 117 Å². The number of hydrogen-bond donors (Lipinski definition) is 1. The lowest BCUT2D eigenvalue weighted by atomic mass is 10.1. The first kappa shape index (κ1) is 16.7. The molecule has 0 heterocycles. The van der Waals surface area contributed by atoms with E-state index >= 15 is 0 Å². The van der Waals surface area contributed by atoms with Crippen LogP contribution in [0.15, 0.2) is 30.3 Å². The zero-order chi connectivity index (χ0) is 11.6. The Kier molecular flexibility index (Phi) is 10.6. The molecule has 1 aromatic rings. The molecule has 98 valence electrons. The summed E-state index contributed by atoms with van der Waals surface area (Å²) in [6.45, 7) is 1.32. The van der Waals surface area contributed by atoms with Crippen LogP contribution in [0.5, 0.6) is 0 Å². The summed E-state index contributed by atoms with van der Waals surface area (Å²) in [5, 5.41) is 0. The van der Waals surface area contributed by atoms with Crippen LogP contribution in [0.1, 0.15) is 37.7 Å². The molecule has 0 saturated carbocycles. The Morgan fingerprint density at radius 1 is 0.824 bits per heavy atom. The zero-order valence-electron chi connectivity index (χ0n) is 11.2. The average molecular weight is 300 g/mol. The van der Waals surface area contributed by atoms with Crippen molar-refractivity contribution in [3.05, 3.63) is 35.9 Å². The molecule has 0 spiro atoms. The monoisotopic (exact) mass is 299 g/mol. The lowest BCUT2D eigenvalue weighted by molar-refractivity contribution is -0.858. The van der Waals surface area contributed by atoms with E-state index in [9.17, 15) is 0 Å². The van der Waals surface area contributed by atoms with Crippen LogP contribution in [0, 0.1) is 0 Å². The number of hydrogen-bond acceptors (Lipinski definition) is 0. The number of benzene rings is 1. The highest BCUT2D eigenvalue weighted by atomic mass is 79.9. The van der Waals surface area contributed by atoms with Gasteiger partial charge in [-0.25, -0.2) is 0 Å². The summed E-state index contributed by atoms with van der Waals surface area (Å²) in [6, 6.07) is 10.8. The SMILES string of the molecule is C[NH+](C)CCCCCCCc1ccccc1.[Br-]. The molecule has 0 unspecified atom stereocenters. The lowest BCUT2D eigenvalue weighted by Gasteiger charge is -2.06. The summed E-state index contributed by atoms with van der Waals surface area (Å²) < 4.78 is 0. The highest BCUT2D eigenvalue weighted by molar-refractivity contribution is 5.14. The van der Waals surface area contributed by atoms with Crippen LogP contribution in [0.2, 0.25) is 0 Å². The second-order valence-corrected chi connectivity index (χ2v) is 4.96. The van der Waals surface area contributed by atoms with Gasteiger partial charge in [-0.2, -0.15) is 0 Å². The van der Waals surface area contributed by atoms with Crippen LogP contribution >= 0.6 is 0 Å². The molecule has 0 aliphatic heterocycles. The quantitative estimate of drug-likeness (QED) is 0.607. The van der Waals surface area contributed by atoms with Gasteiger partial charge in [-0.3, -0.25) is 0 Å².